The molecule has 1 atom stereocenters. The van der Waals surface area contributed by atoms with Crippen LogP contribution < -0.4 is 16.0 Å². The standard InChI is InChI=1S/C21H18ClN3O2/c22-16-11-13-17(14-12-16)24-21(27)25(18-9-5-2-6-10-18)19(20(23)26)15-7-3-1-4-8-15/h1-14,19H,(H2,23,26)(H,24,27). The van der Waals surface area contributed by atoms with Crippen LogP contribution in [0, 0.1) is 0 Å². The quantitative estimate of drug-likeness (QED) is 0.679. The Bertz CT molecular complexity index is 915. The first-order valence-electron chi connectivity index (χ1n) is 8.31. The van der Waals surface area contributed by atoms with Crippen LogP contribution in [0.4, 0.5) is 16.2 Å². The lowest BCUT2D eigenvalue weighted by Gasteiger charge is -2.30. The van der Waals surface area contributed by atoms with Crippen molar-refractivity contribution < 1.29 is 9.59 Å². The third-order valence-electron chi connectivity index (χ3n) is 3.99. The number of primary amides is 1. The summed E-state index contributed by atoms with van der Waals surface area (Å²) in [5.74, 6) is -0.628. The van der Waals surface area contributed by atoms with Gasteiger partial charge in [-0.05, 0) is 42.0 Å². The van der Waals surface area contributed by atoms with Crippen molar-refractivity contribution in [2.75, 3.05) is 10.2 Å². The maximum atomic E-state index is 13.1. The van der Waals surface area contributed by atoms with Crippen LogP contribution in [-0.4, -0.2) is 11.9 Å². The van der Waals surface area contributed by atoms with Gasteiger partial charge in [0.05, 0.1) is 0 Å². The Balaban J connectivity index is 2.01. The van der Waals surface area contributed by atoms with Crippen molar-refractivity contribution in [2.24, 2.45) is 5.73 Å². The summed E-state index contributed by atoms with van der Waals surface area (Å²) in [6.45, 7) is 0. The van der Waals surface area contributed by atoms with E-state index >= 15 is 0 Å². The largest absolute Gasteiger partial charge is 0.368 e. The molecule has 0 aliphatic carbocycles. The van der Waals surface area contributed by atoms with Gasteiger partial charge in [-0.2, -0.15) is 0 Å². The van der Waals surface area contributed by atoms with Gasteiger partial charge < -0.3 is 11.1 Å². The molecule has 3 aromatic rings. The summed E-state index contributed by atoms with van der Waals surface area (Å²) in [6, 6.07) is 23.2. The molecular weight excluding hydrogens is 362 g/mol. The molecule has 27 heavy (non-hydrogen) atoms. The number of carbonyl (C=O) groups is 2. The molecule has 0 aromatic heterocycles. The lowest BCUT2D eigenvalue weighted by Crippen LogP contribution is -2.44. The zero-order chi connectivity index (χ0) is 19.2. The minimum atomic E-state index is -0.957. The van der Waals surface area contributed by atoms with Gasteiger partial charge in [0.2, 0.25) is 5.91 Å². The second-order valence-electron chi connectivity index (χ2n) is 5.86. The second kappa shape index (κ2) is 8.38. The molecule has 0 fully saturated rings. The van der Waals surface area contributed by atoms with E-state index < -0.39 is 18.0 Å². The molecule has 0 bridgehead atoms. The average Bonchev–Trinajstić information content (AvgIpc) is 2.68. The Labute approximate surface area is 162 Å². The van der Waals surface area contributed by atoms with Crippen molar-refractivity contribution in [3.8, 4) is 0 Å². The van der Waals surface area contributed by atoms with Crippen LogP contribution in [-0.2, 0) is 4.79 Å². The Morgan fingerprint density at radius 3 is 1.96 bits per heavy atom. The van der Waals surface area contributed by atoms with E-state index in [-0.39, 0.29) is 0 Å². The van der Waals surface area contributed by atoms with E-state index in [9.17, 15) is 9.59 Å². The van der Waals surface area contributed by atoms with Crippen LogP contribution in [0.5, 0.6) is 0 Å². The SMILES string of the molecule is NC(=O)C(c1ccccc1)N(C(=O)Nc1ccc(Cl)cc1)c1ccccc1. The van der Waals surface area contributed by atoms with Gasteiger partial charge in [-0.3, -0.25) is 9.69 Å². The number of nitrogens with two attached hydrogens (primary N) is 1. The summed E-state index contributed by atoms with van der Waals surface area (Å²) >= 11 is 5.89. The van der Waals surface area contributed by atoms with Crippen LogP contribution in [0.2, 0.25) is 5.02 Å². The number of anilines is 2. The number of nitrogens with zero attached hydrogens (tertiary/aromatic N) is 1. The van der Waals surface area contributed by atoms with Crippen LogP contribution in [0.15, 0.2) is 84.9 Å². The normalized spacial score (nSPS) is 11.4. The lowest BCUT2D eigenvalue weighted by molar-refractivity contribution is -0.119. The molecule has 3 aromatic carbocycles. The van der Waals surface area contributed by atoms with Crippen LogP contribution in [0.1, 0.15) is 11.6 Å². The Kier molecular flexibility index (Phi) is 5.74. The Morgan fingerprint density at radius 2 is 1.41 bits per heavy atom. The molecule has 0 aliphatic rings. The van der Waals surface area contributed by atoms with Crippen molar-refractivity contribution >= 4 is 34.9 Å². The molecule has 3 N–H and O–H groups in total. The van der Waals surface area contributed by atoms with Crippen LogP contribution in [0.3, 0.4) is 0 Å². The molecule has 3 amide bonds. The minimum absolute atomic E-state index is 0.476. The molecular formula is C21H18ClN3O2. The maximum Gasteiger partial charge on any atom is 0.327 e. The molecule has 0 saturated carbocycles. The molecule has 1 unspecified atom stereocenters. The predicted molar refractivity (Wildman–Crippen MR) is 108 cm³/mol. The number of amides is 3. The zero-order valence-electron chi connectivity index (χ0n) is 14.4. The molecule has 0 heterocycles. The van der Waals surface area contributed by atoms with Crippen LogP contribution in [0.25, 0.3) is 0 Å². The number of halogens is 1. The van der Waals surface area contributed by atoms with Gasteiger partial charge >= 0.3 is 6.03 Å². The molecule has 0 aliphatic heterocycles. The fourth-order valence-corrected chi connectivity index (χ4v) is 2.89. The highest BCUT2D eigenvalue weighted by atomic mass is 35.5. The van der Waals surface area contributed by atoms with Crippen molar-refractivity contribution in [1.29, 1.82) is 0 Å². The van der Waals surface area contributed by atoms with Gasteiger partial charge in [0.25, 0.3) is 0 Å². The third kappa shape index (κ3) is 4.46. The number of benzene rings is 3. The topological polar surface area (TPSA) is 75.4 Å². The lowest BCUT2D eigenvalue weighted by atomic mass is 10.0. The van der Waals surface area contributed by atoms with Crippen molar-refractivity contribution in [2.45, 2.75) is 6.04 Å². The number of hydrogen-bond donors (Lipinski definition) is 2. The second-order valence-corrected chi connectivity index (χ2v) is 6.29. The summed E-state index contributed by atoms with van der Waals surface area (Å²) < 4.78 is 0. The highest BCUT2D eigenvalue weighted by Gasteiger charge is 2.31. The summed E-state index contributed by atoms with van der Waals surface area (Å²) in [6.07, 6.45) is 0. The number of para-hydroxylation sites is 1. The van der Waals surface area contributed by atoms with E-state index in [1.807, 2.05) is 12.1 Å². The Morgan fingerprint density at radius 1 is 0.852 bits per heavy atom. The van der Waals surface area contributed by atoms with Crippen molar-refractivity contribution in [3.05, 3.63) is 95.5 Å². The maximum absolute atomic E-state index is 13.1. The highest BCUT2D eigenvalue weighted by molar-refractivity contribution is 6.30. The monoisotopic (exact) mass is 379 g/mol. The van der Waals surface area contributed by atoms with E-state index in [0.717, 1.165) is 0 Å². The summed E-state index contributed by atoms with van der Waals surface area (Å²) in [5.41, 5.74) is 7.41. The molecule has 5 nitrogen and oxygen atoms in total. The van der Waals surface area contributed by atoms with Gasteiger partial charge in [-0.25, -0.2) is 4.79 Å². The molecule has 6 heteroatoms. The van der Waals surface area contributed by atoms with E-state index in [1.54, 1.807) is 72.8 Å². The first-order valence-corrected chi connectivity index (χ1v) is 8.69. The fraction of sp³-hybridized carbons (Fsp3) is 0.0476. The number of carbonyl (C=O) groups excluding carboxylic acids is 2. The van der Waals surface area contributed by atoms with Gasteiger partial charge in [-0.1, -0.05) is 60.1 Å². The van der Waals surface area contributed by atoms with E-state index in [0.29, 0.717) is 22.0 Å². The molecule has 0 radical (unpaired) electrons. The number of urea groups is 1. The minimum Gasteiger partial charge on any atom is -0.368 e. The summed E-state index contributed by atoms with van der Waals surface area (Å²) in [5, 5.41) is 3.36. The average molecular weight is 380 g/mol. The smallest absolute Gasteiger partial charge is 0.327 e. The highest BCUT2D eigenvalue weighted by Crippen LogP contribution is 2.28. The molecule has 0 spiro atoms. The van der Waals surface area contributed by atoms with Crippen molar-refractivity contribution in [3.63, 3.8) is 0 Å². The molecule has 3 rings (SSSR count). The van der Waals surface area contributed by atoms with Gasteiger partial charge in [0.15, 0.2) is 0 Å². The molecule has 0 saturated heterocycles. The van der Waals surface area contributed by atoms with Crippen molar-refractivity contribution in [1.82, 2.24) is 0 Å². The van der Waals surface area contributed by atoms with Gasteiger partial charge in [0, 0.05) is 16.4 Å². The third-order valence-corrected chi connectivity index (χ3v) is 4.24. The van der Waals surface area contributed by atoms with Gasteiger partial charge in [0.1, 0.15) is 6.04 Å². The summed E-state index contributed by atoms with van der Waals surface area (Å²) in [4.78, 5) is 26.7. The first-order chi connectivity index (χ1) is 13.1. The van der Waals surface area contributed by atoms with E-state index in [1.165, 1.54) is 4.90 Å². The number of rotatable bonds is 5. The first kappa shape index (κ1) is 18.5. The van der Waals surface area contributed by atoms with E-state index in [4.69, 9.17) is 17.3 Å². The summed E-state index contributed by atoms with van der Waals surface area (Å²) in [7, 11) is 0. The Hall–Kier alpha value is -3.31. The zero-order valence-corrected chi connectivity index (χ0v) is 15.1. The fourth-order valence-electron chi connectivity index (χ4n) is 2.77. The predicted octanol–water partition coefficient (Wildman–Crippen LogP) is 4.61. The number of hydrogen-bond acceptors (Lipinski definition) is 2. The number of nitrogens with one attached hydrogen (secondary N) is 1. The van der Waals surface area contributed by atoms with E-state index in [2.05, 4.69) is 5.32 Å². The van der Waals surface area contributed by atoms with Gasteiger partial charge in [-0.15, -0.1) is 0 Å². The van der Waals surface area contributed by atoms with Crippen LogP contribution >= 0.6 is 11.6 Å². The molecule has 136 valence electrons.